The highest BCUT2D eigenvalue weighted by Crippen LogP contribution is 2.17. The molecule has 1 aromatic heterocycles. The minimum absolute atomic E-state index is 0.114. The molecule has 0 bridgehead atoms. The Morgan fingerprint density at radius 3 is 2.60 bits per heavy atom. The molecule has 1 aliphatic carbocycles. The van der Waals surface area contributed by atoms with Crippen molar-refractivity contribution >= 4 is 5.91 Å². The Hall–Kier alpha value is -1.65. The first-order valence-electron chi connectivity index (χ1n) is 7.45. The molecule has 1 aromatic rings. The minimum atomic E-state index is -0.564. The molecule has 1 saturated carbocycles. The normalized spacial score (nSPS) is 18.3. The lowest BCUT2D eigenvalue weighted by molar-refractivity contribution is -0.125. The van der Waals surface area contributed by atoms with Crippen LogP contribution in [0.5, 0.6) is 0 Å². The smallest absolute Gasteiger partial charge is 0.267 e. The minimum Gasteiger partial charge on any atom is -0.352 e. The Morgan fingerprint density at radius 2 is 1.95 bits per heavy atom. The van der Waals surface area contributed by atoms with Gasteiger partial charge in [-0.3, -0.25) is 9.59 Å². The third kappa shape index (κ3) is 3.68. The largest absolute Gasteiger partial charge is 0.352 e. The maximum absolute atomic E-state index is 12.3. The Balaban J connectivity index is 2.04. The molecule has 110 valence electrons. The van der Waals surface area contributed by atoms with Gasteiger partial charge in [0.15, 0.2) is 0 Å². The summed E-state index contributed by atoms with van der Waals surface area (Å²) in [7, 11) is 0. The molecule has 5 nitrogen and oxygen atoms in total. The highest BCUT2D eigenvalue weighted by Gasteiger charge is 2.21. The van der Waals surface area contributed by atoms with E-state index >= 15 is 0 Å². The number of carbonyl (C=O) groups excluding carboxylic acids is 1. The third-order valence-electron chi connectivity index (χ3n) is 3.91. The van der Waals surface area contributed by atoms with Gasteiger partial charge in [0, 0.05) is 12.1 Å². The van der Waals surface area contributed by atoms with Gasteiger partial charge in [0.2, 0.25) is 5.91 Å². The molecule has 0 radical (unpaired) electrons. The van der Waals surface area contributed by atoms with Gasteiger partial charge in [-0.25, -0.2) is 4.68 Å². The molecular weight excluding hydrogens is 254 g/mol. The second-order valence-electron chi connectivity index (χ2n) is 5.63. The lowest BCUT2D eigenvalue weighted by atomic mass is 10.1. The second kappa shape index (κ2) is 6.68. The molecule has 0 aliphatic heterocycles. The third-order valence-corrected chi connectivity index (χ3v) is 3.91. The number of amides is 1. The highest BCUT2D eigenvalue weighted by molar-refractivity contribution is 5.80. The quantitative estimate of drug-likeness (QED) is 0.859. The number of hydrogen-bond donors (Lipinski definition) is 1. The molecule has 1 atom stereocenters. The van der Waals surface area contributed by atoms with E-state index in [2.05, 4.69) is 10.4 Å². The maximum Gasteiger partial charge on any atom is 0.267 e. The summed E-state index contributed by atoms with van der Waals surface area (Å²) >= 11 is 0. The predicted octanol–water partition coefficient (Wildman–Crippen LogP) is 1.95. The van der Waals surface area contributed by atoms with Crippen molar-refractivity contribution in [1.29, 1.82) is 0 Å². The van der Waals surface area contributed by atoms with Crippen LogP contribution in [-0.2, 0) is 4.79 Å². The van der Waals surface area contributed by atoms with E-state index in [1.807, 2.05) is 6.92 Å². The molecule has 2 rings (SSSR count). The van der Waals surface area contributed by atoms with Gasteiger partial charge in [-0.05, 0) is 32.8 Å². The second-order valence-corrected chi connectivity index (χ2v) is 5.63. The topological polar surface area (TPSA) is 64.0 Å². The molecule has 0 saturated heterocycles. The van der Waals surface area contributed by atoms with E-state index in [0.29, 0.717) is 0 Å². The fourth-order valence-corrected chi connectivity index (χ4v) is 2.65. The van der Waals surface area contributed by atoms with Crippen molar-refractivity contribution in [3.05, 3.63) is 28.2 Å². The van der Waals surface area contributed by atoms with Gasteiger partial charge >= 0.3 is 0 Å². The lowest BCUT2D eigenvalue weighted by Crippen LogP contribution is -2.41. The first-order valence-corrected chi connectivity index (χ1v) is 7.45. The molecule has 1 heterocycles. The fraction of sp³-hybridized carbons (Fsp3) is 0.667. The number of rotatable bonds is 3. The van der Waals surface area contributed by atoms with Gasteiger partial charge in [0.05, 0.1) is 5.69 Å². The monoisotopic (exact) mass is 277 g/mol. The van der Waals surface area contributed by atoms with Gasteiger partial charge in [0.25, 0.3) is 5.56 Å². The molecule has 1 unspecified atom stereocenters. The summed E-state index contributed by atoms with van der Waals surface area (Å²) in [5.74, 6) is -0.114. The average Bonchev–Trinajstić information content (AvgIpc) is 2.69. The molecule has 1 N–H and O–H groups in total. The molecular formula is C15H23N3O2. The van der Waals surface area contributed by atoms with Crippen molar-refractivity contribution in [2.45, 2.75) is 64.5 Å². The fourth-order valence-electron chi connectivity index (χ4n) is 2.65. The zero-order valence-electron chi connectivity index (χ0n) is 12.3. The molecule has 0 spiro atoms. The molecule has 0 aromatic carbocycles. The van der Waals surface area contributed by atoms with Crippen LogP contribution in [0.1, 0.15) is 57.2 Å². The van der Waals surface area contributed by atoms with Gasteiger partial charge < -0.3 is 5.32 Å². The highest BCUT2D eigenvalue weighted by atomic mass is 16.2. The number of hydrogen-bond acceptors (Lipinski definition) is 3. The van der Waals surface area contributed by atoms with Crippen molar-refractivity contribution in [2.24, 2.45) is 0 Å². The maximum atomic E-state index is 12.3. The SMILES string of the molecule is Cc1ccc(=O)n(C(C)C(=O)NC2CCCCCC2)n1. The van der Waals surface area contributed by atoms with E-state index in [9.17, 15) is 9.59 Å². The molecule has 1 aliphatic rings. The van der Waals surface area contributed by atoms with Crippen molar-refractivity contribution in [2.75, 3.05) is 0 Å². The first-order chi connectivity index (χ1) is 9.58. The Kier molecular flexibility index (Phi) is 4.93. The van der Waals surface area contributed by atoms with Crippen LogP contribution in [0.2, 0.25) is 0 Å². The van der Waals surface area contributed by atoms with Crippen LogP contribution in [0.25, 0.3) is 0 Å². The number of aromatic nitrogens is 2. The molecule has 5 heteroatoms. The van der Waals surface area contributed by atoms with Crippen LogP contribution in [-0.4, -0.2) is 21.7 Å². The molecule has 1 amide bonds. The van der Waals surface area contributed by atoms with E-state index in [1.165, 1.54) is 36.4 Å². The van der Waals surface area contributed by atoms with E-state index in [-0.39, 0.29) is 17.5 Å². The summed E-state index contributed by atoms with van der Waals surface area (Å²) in [6, 6.07) is 2.80. The van der Waals surface area contributed by atoms with Crippen LogP contribution in [0, 0.1) is 6.92 Å². The van der Waals surface area contributed by atoms with Crippen LogP contribution < -0.4 is 10.9 Å². The van der Waals surface area contributed by atoms with Gasteiger partial charge in [0.1, 0.15) is 6.04 Å². The van der Waals surface area contributed by atoms with E-state index in [1.54, 1.807) is 13.0 Å². The first kappa shape index (κ1) is 14.8. The summed E-state index contributed by atoms with van der Waals surface area (Å²) in [6.07, 6.45) is 6.91. The van der Waals surface area contributed by atoms with Crippen LogP contribution >= 0.6 is 0 Å². The van der Waals surface area contributed by atoms with Crippen molar-refractivity contribution in [1.82, 2.24) is 15.1 Å². The van der Waals surface area contributed by atoms with Crippen LogP contribution in [0.4, 0.5) is 0 Å². The Bertz CT molecular complexity index is 516. The number of aryl methyl sites for hydroxylation is 1. The predicted molar refractivity (Wildman–Crippen MR) is 77.6 cm³/mol. The average molecular weight is 277 g/mol. The Morgan fingerprint density at radius 1 is 1.30 bits per heavy atom. The summed E-state index contributed by atoms with van der Waals surface area (Å²) in [5, 5.41) is 7.21. The Labute approximate surface area is 119 Å². The van der Waals surface area contributed by atoms with Crippen LogP contribution in [0.15, 0.2) is 16.9 Å². The molecule has 1 fully saturated rings. The van der Waals surface area contributed by atoms with Crippen LogP contribution in [0.3, 0.4) is 0 Å². The summed E-state index contributed by atoms with van der Waals surface area (Å²) in [4.78, 5) is 24.1. The molecule has 20 heavy (non-hydrogen) atoms. The standard InChI is InChI=1S/C15H23N3O2/c1-11-9-10-14(19)18(17-11)12(2)15(20)16-13-7-5-3-4-6-8-13/h9-10,12-13H,3-8H2,1-2H3,(H,16,20). The zero-order chi connectivity index (χ0) is 14.5. The van der Waals surface area contributed by atoms with Crippen molar-refractivity contribution in [3.8, 4) is 0 Å². The van der Waals surface area contributed by atoms with E-state index < -0.39 is 6.04 Å². The summed E-state index contributed by atoms with van der Waals surface area (Å²) in [5.41, 5.74) is 0.498. The van der Waals surface area contributed by atoms with Gasteiger partial charge in [-0.2, -0.15) is 5.10 Å². The van der Waals surface area contributed by atoms with Crippen molar-refractivity contribution < 1.29 is 4.79 Å². The van der Waals surface area contributed by atoms with Crippen molar-refractivity contribution in [3.63, 3.8) is 0 Å². The summed E-state index contributed by atoms with van der Waals surface area (Å²) < 4.78 is 1.27. The number of nitrogens with zero attached hydrogens (tertiary/aromatic N) is 2. The van der Waals surface area contributed by atoms with E-state index in [0.717, 1.165) is 18.5 Å². The zero-order valence-corrected chi connectivity index (χ0v) is 12.3. The number of carbonyl (C=O) groups is 1. The summed E-state index contributed by atoms with van der Waals surface area (Å²) in [6.45, 7) is 3.53. The lowest BCUT2D eigenvalue weighted by Gasteiger charge is -2.20. The van der Waals surface area contributed by atoms with Gasteiger partial charge in [-0.1, -0.05) is 25.7 Å². The van der Waals surface area contributed by atoms with Gasteiger partial charge in [-0.15, -0.1) is 0 Å². The van der Waals surface area contributed by atoms with E-state index in [4.69, 9.17) is 0 Å². The number of nitrogens with one attached hydrogen (secondary N) is 1.